The van der Waals surface area contributed by atoms with Crippen LogP contribution in [0.1, 0.15) is 36.5 Å². The third kappa shape index (κ3) is 3.61. The predicted molar refractivity (Wildman–Crippen MR) is 79.6 cm³/mol. The van der Waals surface area contributed by atoms with Crippen LogP contribution < -0.4 is 0 Å². The van der Waals surface area contributed by atoms with Crippen LogP contribution in [0.15, 0.2) is 22.7 Å². The average molecular weight is 358 g/mol. The van der Waals surface area contributed by atoms with Gasteiger partial charge in [0.2, 0.25) is 0 Å². The van der Waals surface area contributed by atoms with Gasteiger partial charge in [-0.15, -0.1) is 0 Å². The van der Waals surface area contributed by atoms with E-state index in [2.05, 4.69) is 15.9 Å². The first-order chi connectivity index (χ1) is 9.92. The molecule has 1 aromatic rings. The van der Waals surface area contributed by atoms with Crippen molar-refractivity contribution in [3.63, 3.8) is 0 Å². The quantitative estimate of drug-likeness (QED) is 0.902. The molecule has 0 aromatic heterocycles. The number of carboxylic acid groups (broad SMARTS) is 1. The number of carboxylic acids is 1. The second-order valence-electron chi connectivity index (χ2n) is 5.31. The van der Waals surface area contributed by atoms with E-state index >= 15 is 0 Å². The number of carbonyl (C=O) groups is 2. The van der Waals surface area contributed by atoms with Crippen LogP contribution in [0.5, 0.6) is 0 Å². The topological polar surface area (TPSA) is 57.6 Å². The molecule has 0 spiro atoms. The van der Waals surface area contributed by atoms with Gasteiger partial charge in [0.1, 0.15) is 11.9 Å². The van der Waals surface area contributed by atoms with Crippen LogP contribution in [-0.4, -0.2) is 34.5 Å². The van der Waals surface area contributed by atoms with Crippen molar-refractivity contribution in [3.8, 4) is 0 Å². The molecule has 1 fully saturated rings. The fourth-order valence-corrected chi connectivity index (χ4v) is 3.19. The van der Waals surface area contributed by atoms with Crippen LogP contribution in [0.3, 0.4) is 0 Å². The number of hydrogen-bond acceptors (Lipinski definition) is 2. The van der Waals surface area contributed by atoms with Crippen molar-refractivity contribution in [1.82, 2.24) is 4.90 Å². The summed E-state index contributed by atoms with van der Waals surface area (Å²) >= 11 is 3.14. The van der Waals surface area contributed by atoms with Gasteiger partial charge in [-0.3, -0.25) is 4.79 Å². The minimum absolute atomic E-state index is 0.170. The first kappa shape index (κ1) is 15.9. The molecule has 1 aromatic carbocycles. The number of piperidine rings is 1. The van der Waals surface area contributed by atoms with Gasteiger partial charge >= 0.3 is 5.97 Å². The summed E-state index contributed by atoms with van der Waals surface area (Å²) in [6.07, 6.45) is 2.13. The molecule has 6 heteroatoms. The molecule has 114 valence electrons. The molecule has 0 saturated carbocycles. The highest BCUT2D eigenvalue weighted by Crippen LogP contribution is 2.27. The summed E-state index contributed by atoms with van der Waals surface area (Å²) in [6, 6.07) is 3.07. The number of benzene rings is 1. The average Bonchev–Trinajstić information content (AvgIpc) is 2.44. The maximum Gasteiger partial charge on any atom is 0.326 e. The van der Waals surface area contributed by atoms with Crippen molar-refractivity contribution in [2.75, 3.05) is 6.54 Å². The van der Waals surface area contributed by atoms with Gasteiger partial charge < -0.3 is 10.0 Å². The number of amides is 1. The van der Waals surface area contributed by atoms with E-state index in [4.69, 9.17) is 0 Å². The summed E-state index contributed by atoms with van der Waals surface area (Å²) < 4.78 is 13.9. The second kappa shape index (κ2) is 6.56. The largest absolute Gasteiger partial charge is 0.480 e. The second-order valence-corrected chi connectivity index (χ2v) is 6.23. The molecule has 1 aliphatic rings. The normalized spacial score (nSPS) is 22.1. The zero-order valence-electron chi connectivity index (χ0n) is 11.7. The number of carbonyl (C=O) groups excluding carboxylic acids is 1. The Balaban J connectivity index is 2.26. The van der Waals surface area contributed by atoms with E-state index in [0.29, 0.717) is 23.4 Å². The highest BCUT2D eigenvalue weighted by molar-refractivity contribution is 9.10. The van der Waals surface area contributed by atoms with Crippen LogP contribution in [-0.2, 0) is 4.79 Å². The van der Waals surface area contributed by atoms with E-state index in [9.17, 15) is 19.1 Å². The SMILES string of the molecule is CCC1CCN(C(=O)c2cc(F)cc(Br)c2)C(C(=O)O)C1. The first-order valence-corrected chi connectivity index (χ1v) is 7.71. The number of likely N-dealkylation sites (tertiary alicyclic amines) is 1. The Morgan fingerprint density at radius 1 is 1.43 bits per heavy atom. The van der Waals surface area contributed by atoms with E-state index in [-0.39, 0.29) is 5.56 Å². The standard InChI is InChI=1S/C15H17BrFNO3/c1-2-9-3-4-18(13(5-9)15(20)21)14(19)10-6-11(16)8-12(17)7-10/h6-9,13H,2-5H2,1H3,(H,20,21). The van der Waals surface area contributed by atoms with E-state index in [0.717, 1.165) is 18.9 Å². The lowest BCUT2D eigenvalue weighted by Gasteiger charge is -2.37. The number of nitrogens with zero attached hydrogens (tertiary/aromatic N) is 1. The molecule has 1 N–H and O–H groups in total. The molecule has 1 aliphatic heterocycles. The van der Waals surface area contributed by atoms with Crippen LogP contribution in [0.2, 0.25) is 0 Å². The molecule has 0 aliphatic carbocycles. The van der Waals surface area contributed by atoms with Crippen LogP contribution in [0.4, 0.5) is 4.39 Å². The lowest BCUT2D eigenvalue weighted by molar-refractivity contribution is -0.144. The Morgan fingerprint density at radius 2 is 2.14 bits per heavy atom. The summed E-state index contributed by atoms with van der Waals surface area (Å²) in [6.45, 7) is 2.41. The number of aliphatic carboxylic acids is 1. The van der Waals surface area contributed by atoms with Crippen LogP contribution in [0.25, 0.3) is 0 Å². The number of halogens is 2. The van der Waals surface area contributed by atoms with Crippen LogP contribution in [0, 0.1) is 11.7 Å². The molecule has 21 heavy (non-hydrogen) atoms. The highest BCUT2D eigenvalue weighted by Gasteiger charge is 2.36. The van der Waals surface area contributed by atoms with Crippen molar-refractivity contribution in [2.24, 2.45) is 5.92 Å². The van der Waals surface area contributed by atoms with Crippen molar-refractivity contribution in [3.05, 3.63) is 34.1 Å². The maximum atomic E-state index is 13.4. The highest BCUT2D eigenvalue weighted by atomic mass is 79.9. The Morgan fingerprint density at radius 3 is 2.71 bits per heavy atom. The minimum atomic E-state index is -1.00. The summed E-state index contributed by atoms with van der Waals surface area (Å²) in [5, 5.41) is 9.35. The monoisotopic (exact) mass is 357 g/mol. The third-order valence-corrected chi connectivity index (χ3v) is 4.40. The van der Waals surface area contributed by atoms with E-state index in [1.165, 1.54) is 17.0 Å². The van der Waals surface area contributed by atoms with Gasteiger partial charge in [0.05, 0.1) is 0 Å². The Hall–Kier alpha value is -1.43. The molecule has 1 saturated heterocycles. The Labute approximate surface area is 131 Å². The van der Waals surface area contributed by atoms with Gasteiger partial charge in [-0.1, -0.05) is 29.3 Å². The van der Waals surface area contributed by atoms with Gasteiger partial charge in [-0.25, -0.2) is 9.18 Å². The molecule has 1 heterocycles. The zero-order valence-corrected chi connectivity index (χ0v) is 13.3. The summed E-state index contributed by atoms with van der Waals surface area (Å²) in [5.74, 6) is -1.65. The number of hydrogen-bond donors (Lipinski definition) is 1. The van der Waals surface area contributed by atoms with Gasteiger partial charge in [0.25, 0.3) is 5.91 Å². The molecule has 4 nitrogen and oxygen atoms in total. The minimum Gasteiger partial charge on any atom is -0.480 e. The fraction of sp³-hybridized carbons (Fsp3) is 0.467. The molecule has 0 bridgehead atoms. The summed E-state index contributed by atoms with van der Waals surface area (Å²) in [7, 11) is 0. The smallest absolute Gasteiger partial charge is 0.326 e. The van der Waals surface area contributed by atoms with E-state index < -0.39 is 23.7 Å². The molecule has 2 rings (SSSR count). The van der Waals surface area contributed by atoms with Crippen molar-refractivity contribution < 1.29 is 19.1 Å². The molecule has 2 atom stereocenters. The fourth-order valence-electron chi connectivity index (χ4n) is 2.73. The summed E-state index contributed by atoms with van der Waals surface area (Å²) in [4.78, 5) is 25.3. The van der Waals surface area contributed by atoms with Crippen LogP contribution >= 0.6 is 15.9 Å². The van der Waals surface area contributed by atoms with Gasteiger partial charge in [0.15, 0.2) is 0 Å². The predicted octanol–water partition coefficient (Wildman–Crippen LogP) is 3.30. The van der Waals surface area contributed by atoms with Gasteiger partial charge in [-0.2, -0.15) is 0 Å². The van der Waals surface area contributed by atoms with Crippen molar-refractivity contribution >= 4 is 27.8 Å². The van der Waals surface area contributed by atoms with Gasteiger partial charge in [-0.05, 0) is 37.0 Å². The van der Waals surface area contributed by atoms with Crippen molar-refractivity contribution in [1.29, 1.82) is 0 Å². The molecular formula is C15H17BrFNO3. The lowest BCUT2D eigenvalue weighted by Crippen LogP contribution is -2.50. The van der Waals surface area contributed by atoms with E-state index in [1.54, 1.807) is 0 Å². The first-order valence-electron chi connectivity index (χ1n) is 6.92. The maximum absolute atomic E-state index is 13.4. The van der Waals surface area contributed by atoms with Gasteiger partial charge in [0, 0.05) is 16.6 Å². The summed E-state index contributed by atoms with van der Waals surface area (Å²) in [5.41, 5.74) is 0.170. The van der Waals surface area contributed by atoms with E-state index in [1.807, 2.05) is 6.92 Å². The number of rotatable bonds is 3. The Bertz CT molecular complexity index is 544. The lowest BCUT2D eigenvalue weighted by atomic mass is 9.88. The Kier molecular flexibility index (Phi) is 4.98. The third-order valence-electron chi connectivity index (χ3n) is 3.94. The van der Waals surface area contributed by atoms with Crippen molar-refractivity contribution in [2.45, 2.75) is 32.2 Å². The molecule has 2 unspecified atom stereocenters. The molecule has 0 radical (unpaired) electrons. The molecule has 1 amide bonds. The molecular weight excluding hydrogens is 341 g/mol. The zero-order chi connectivity index (χ0) is 15.6.